The summed E-state index contributed by atoms with van der Waals surface area (Å²) < 4.78 is 7.06. The van der Waals surface area contributed by atoms with E-state index in [1.807, 2.05) is 84.9 Å². The number of methoxy groups -OCH3 is 1. The maximum absolute atomic E-state index is 13.3. The Bertz CT molecular complexity index is 1260. The molecule has 0 aliphatic carbocycles. The lowest BCUT2D eigenvalue weighted by atomic mass is 9.94. The summed E-state index contributed by atoms with van der Waals surface area (Å²) >= 11 is 0. The Hall–Kier alpha value is -3.94. The standard InChI is InChI=1S/C29H31N5O2/c1-36-18-17-33-20-25(22-11-5-2-6-12-22)27(21-33)30-29(35)31-28-19-26(23-13-7-3-8-14-23)32-34(28)24-15-9-4-10-16-24/h2-16,19,25,27H,17-18,20-21H2,1H3,(H2,30,31,35)/t25?,27-/m1/s1. The monoisotopic (exact) mass is 481 g/mol. The quantitative estimate of drug-likeness (QED) is 0.380. The number of carbonyl (C=O) groups is 1. The van der Waals surface area contributed by atoms with E-state index in [-0.39, 0.29) is 18.0 Å². The molecule has 0 bridgehead atoms. The molecule has 0 radical (unpaired) electrons. The zero-order valence-corrected chi connectivity index (χ0v) is 20.4. The van der Waals surface area contributed by atoms with Gasteiger partial charge < -0.3 is 10.1 Å². The van der Waals surface area contributed by atoms with E-state index in [1.165, 1.54) is 5.56 Å². The van der Waals surface area contributed by atoms with Crippen molar-refractivity contribution in [3.8, 4) is 16.9 Å². The fourth-order valence-electron chi connectivity index (χ4n) is 4.78. The van der Waals surface area contributed by atoms with Crippen molar-refractivity contribution in [1.82, 2.24) is 20.0 Å². The topological polar surface area (TPSA) is 71.4 Å². The van der Waals surface area contributed by atoms with E-state index in [0.29, 0.717) is 12.4 Å². The third kappa shape index (κ3) is 5.48. The maximum atomic E-state index is 13.3. The molecule has 1 unspecified atom stereocenters. The minimum atomic E-state index is -0.244. The van der Waals surface area contributed by atoms with Crippen molar-refractivity contribution < 1.29 is 9.53 Å². The van der Waals surface area contributed by atoms with E-state index in [4.69, 9.17) is 9.84 Å². The number of urea groups is 1. The lowest BCUT2D eigenvalue weighted by Crippen LogP contribution is -2.42. The molecule has 0 spiro atoms. The number of hydrogen-bond donors (Lipinski definition) is 2. The van der Waals surface area contributed by atoms with Crippen LogP contribution in [0.15, 0.2) is 97.1 Å². The normalized spacial score (nSPS) is 17.7. The summed E-state index contributed by atoms with van der Waals surface area (Å²) in [5.41, 5.74) is 3.89. The van der Waals surface area contributed by atoms with Crippen LogP contribution in [-0.4, -0.2) is 60.1 Å². The fraction of sp³-hybridized carbons (Fsp3) is 0.241. The van der Waals surface area contributed by atoms with Gasteiger partial charge >= 0.3 is 6.03 Å². The third-order valence-corrected chi connectivity index (χ3v) is 6.57. The van der Waals surface area contributed by atoms with Crippen molar-refractivity contribution in [2.45, 2.75) is 12.0 Å². The summed E-state index contributed by atoms with van der Waals surface area (Å²) in [6.07, 6.45) is 0. The number of nitrogens with one attached hydrogen (secondary N) is 2. The summed E-state index contributed by atoms with van der Waals surface area (Å²) in [7, 11) is 1.72. The number of anilines is 1. The van der Waals surface area contributed by atoms with Gasteiger partial charge in [-0.2, -0.15) is 5.10 Å². The number of rotatable bonds is 8. The summed E-state index contributed by atoms with van der Waals surface area (Å²) in [6, 6.07) is 31.8. The summed E-state index contributed by atoms with van der Waals surface area (Å²) in [5, 5.41) is 11.1. The summed E-state index contributed by atoms with van der Waals surface area (Å²) in [6.45, 7) is 3.14. The Labute approximate surface area is 211 Å². The van der Waals surface area contributed by atoms with Gasteiger partial charge in [-0.1, -0.05) is 78.9 Å². The molecule has 1 aliphatic heterocycles. The van der Waals surface area contributed by atoms with Gasteiger partial charge in [-0.05, 0) is 17.7 Å². The molecule has 0 saturated carbocycles. The number of likely N-dealkylation sites (tertiary alicyclic amines) is 1. The molecule has 1 aromatic heterocycles. The first-order chi connectivity index (χ1) is 17.7. The molecule has 7 heteroatoms. The average Bonchev–Trinajstić information content (AvgIpc) is 3.53. The van der Waals surface area contributed by atoms with Crippen LogP contribution < -0.4 is 10.6 Å². The van der Waals surface area contributed by atoms with E-state index in [0.717, 1.165) is 36.6 Å². The molecule has 1 aliphatic rings. The van der Waals surface area contributed by atoms with Crippen LogP contribution in [0.25, 0.3) is 16.9 Å². The first-order valence-electron chi connectivity index (χ1n) is 12.3. The SMILES string of the molecule is COCCN1CC(c2ccccc2)[C@H](NC(=O)Nc2cc(-c3ccccc3)nn2-c2ccccc2)C1. The van der Waals surface area contributed by atoms with Crippen LogP contribution in [0, 0.1) is 0 Å². The molecule has 184 valence electrons. The van der Waals surface area contributed by atoms with Gasteiger partial charge in [0.1, 0.15) is 5.82 Å². The Kier molecular flexibility index (Phi) is 7.40. The third-order valence-electron chi connectivity index (χ3n) is 6.57. The molecule has 3 aromatic carbocycles. The number of hydrogen-bond acceptors (Lipinski definition) is 4. The van der Waals surface area contributed by atoms with Crippen LogP contribution in [-0.2, 0) is 4.74 Å². The molecular formula is C29H31N5O2. The Morgan fingerprint density at radius 1 is 0.944 bits per heavy atom. The van der Waals surface area contributed by atoms with Crippen LogP contribution >= 0.6 is 0 Å². The van der Waals surface area contributed by atoms with Crippen LogP contribution in [0.4, 0.5) is 10.6 Å². The van der Waals surface area contributed by atoms with Gasteiger partial charge in [0.05, 0.1) is 24.0 Å². The smallest absolute Gasteiger partial charge is 0.320 e. The van der Waals surface area contributed by atoms with E-state index < -0.39 is 0 Å². The lowest BCUT2D eigenvalue weighted by molar-refractivity contribution is 0.159. The van der Waals surface area contributed by atoms with Crippen molar-refractivity contribution in [2.24, 2.45) is 0 Å². The minimum Gasteiger partial charge on any atom is -0.383 e. The predicted octanol–water partition coefficient (Wildman–Crippen LogP) is 4.78. The highest BCUT2D eigenvalue weighted by Gasteiger charge is 2.34. The molecule has 7 nitrogen and oxygen atoms in total. The number of carbonyl (C=O) groups excluding carboxylic acids is 1. The van der Waals surface area contributed by atoms with Crippen molar-refractivity contribution in [3.63, 3.8) is 0 Å². The molecule has 36 heavy (non-hydrogen) atoms. The lowest BCUT2D eigenvalue weighted by Gasteiger charge is -2.20. The second-order valence-corrected chi connectivity index (χ2v) is 9.00. The van der Waals surface area contributed by atoms with Gasteiger partial charge in [0, 0.05) is 44.3 Å². The van der Waals surface area contributed by atoms with Gasteiger partial charge in [0.2, 0.25) is 0 Å². The largest absolute Gasteiger partial charge is 0.383 e. The van der Waals surface area contributed by atoms with Crippen molar-refractivity contribution >= 4 is 11.8 Å². The Morgan fingerprint density at radius 3 is 2.31 bits per heavy atom. The van der Waals surface area contributed by atoms with Gasteiger partial charge in [-0.15, -0.1) is 0 Å². The zero-order valence-electron chi connectivity index (χ0n) is 20.4. The molecule has 5 rings (SSSR count). The highest BCUT2D eigenvalue weighted by Crippen LogP contribution is 2.28. The van der Waals surface area contributed by atoms with Crippen LogP contribution in [0.3, 0.4) is 0 Å². The molecule has 2 atom stereocenters. The highest BCUT2D eigenvalue weighted by atomic mass is 16.5. The summed E-state index contributed by atoms with van der Waals surface area (Å²) in [4.78, 5) is 15.6. The van der Waals surface area contributed by atoms with Gasteiger partial charge in [0.15, 0.2) is 0 Å². The fourth-order valence-corrected chi connectivity index (χ4v) is 4.78. The van der Waals surface area contributed by atoms with Gasteiger partial charge in [-0.25, -0.2) is 9.48 Å². The van der Waals surface area contributed by atoms with Crippen LogP contribution in [0.1, 0.15) is 11.5 Å². The second-order valence-electron chi connectivity index (χ2n) is 9.00. The Morgan fingerprint density at radius 2 is 1.61 bits per heavy atom. The van der Waals surface area contributed by atoms with Crippen molar-refractivity contribution in [3.05, 3.63) is 103 Å². The zero-order chi connectivity index (χ0) is 24.7. The van der Waals surface area contributed by atoms with E-state index in [9.17, 15) is 4.79 Å². The number of aromatic nitrogens is 2. The number of benzene rings is 3. The van der Waals surface area contributed by atoms with Crippen molar-refractivity contribution in [2.75, 3.05) is 38.7 Å². The van der Waals surface area contributed by atoms with Gasteiger partial charge in [-0.3, -0.25) is 10.2 Å². The molecule has 2 amide bonds. The van der Waals surface area contributed by atoms with Crippen LogP contribution in [0.5, 0.6) is 0 Å². The highest BCUT2D eigenvalue weighted by molar-refractivity contribution is 5.89. The molecule has 4 aromatic rings. The molecule has 1 saturated heterocycles. The molecule has 1 fully saturated rings. The average molecular weight is 482 g/mol. The van der Waals surface area contributed by atoms with E-state index >= 15 is 0 Å². The molecular weight excluding hydrogens is 450 g/mol. The summed E-state index contributed by atoms with van der Waals surface area (Å²) in [5.74, 6) is 0.816. The predicted molar refractivity (Wildman–Crippen MR) is 142 cm³/mol. The number of ether oxygens (including phenoxy) is 1. The van der Waals surface area contributed by atoms with Gasteiger partial charge in [0.25, 0.3) is 0 Å². The van der Waals surface area contributed by atoms with Crippen LogP contribution in [0.2, 0.25) is 0 Å². The number of nitrogens with zero attached hydrogens (tertiary/aromatic N) is 3. The van der Waals surface area contributed by atoms with E-state index in [2.05, 4.69) is 27.7 Å². The minimum absolute atomic E-state index is 0.0223. The first-order valence-corrected chi connectivity index (χ1v) is 12.3. The number of para-hydroxylation sites is 1. The van der Waals surface area contributed by atoms with Crippen molar-refractivity contribution in [1.29, 1.82) is 0 Å². The molecule has 2 N–H and O–H groups in total. The maximum Gasteiger partial charge on any atom is 0.320 e. The first kappa shape index (κ1) is 23.8. The second kappa shape index (κ2) is 11.2. The Balaban J connectivity index is 1.37. The van der Waals surface area contributed by atoms with E-state index in [1.54, 1.807) is 11.8 Å². The number of amides is 2. The molecule has 2 heterocycles.